The Kier molecular flexibility index (Phi) is 6.21. The molecular weight excluding hydrogens is 402 g/mol. The van der Waals surface area contributed by atoms with Gasteiger partial charge in [-0.15, -0.1) is 0 Å². The normalized spacial score (nSPS) is 19.1. The summed E-state index contributed by atoms with van der Waals surface area (Å²) in [5.41, 5.74) is 0.900. The highest BCUT2D eigenvalue weighted by molar-refractivity contribution is 6.32. The third kappa shape index (κ3) is 4.28. The number of benzene rings is 1. The summed E-state index contributed by atoms with van der Waals surface area (Å²) in [6.45, 7) is 2.36. The van der Waals surface area contributed by atoms with Crippen molar-refractivity contribution < 1.29 is 14.3 Å². The Balaban J connectivity index is 1.41. The summed E-state index contributed by atoms with van der Waals surface area (Å²) in [4.78, 5) is 19.0. The molecule has 0 aliphatic carbocycles. The molecule has 1 aromatic heterocycles. The number of hydrogen-bond donors (Lipinski definition) is 0. The van der Waals surface area contributed by atoms with E-state index in [1.807, 2.05) is 30.3 Å². The lowest BCUT2D eigenvalue weighted by molar-refractivity contribution is 0.0238. The molecule has 0 radical (unpaired) electrons. The monoisotopic (exact) mass is 425 g/mol. The molecule has 30 heavy (non-hydrogen) atoms. The zero-order valence-corrected chi connectivity index (χ0v) is 17.5. The van der Waals surface area contributed by atoms with Crippen LogP contribution in [0, 0.1) is 11.3 Å². The van der Waals surface area contributed by atoms with E-state index in [2.05, 4.69) is 11.1 Å². The number of nitriles is 1. The summed E-state index contributed by atoms with van der Waals surface area (Å²) >= 11 is 6.35. The second kappa shape index (κ2) is 9.03. The van der Waals surface area contributed by atoms with Crippen LogP contribution in [-0.2, 0) is 10.2 Å². The zero-order valence-electron chi connectivity index (χ0n) is 16.7. The number of hydrogen-bond acceptors (Lipinski definition) is 5. The Labute approximate surface area is 181 Å². The third-order valence-corrected chi connectivity index (χ3v) is 6.22. The fourth-order valence-corrected chi connectivity index (χ4v) is 4.29. The fraction of sp³-hybridized carbons (Fsp3) is 0.435. The first-order chi connectivity index (χ1) is 14.6. The van der Waals surface area contributed by atoms with Crippen molar-refractivity contribution in [3.05, 3.63) is 58.7 Å². The molecule has 6 nitrogen and oxygen atoms in total. The summed E-state index contributed by atoms with van der Waals surface area (Å²) in [7, 11) is 0. The molecule has 0 unspecified atom stereocenters. The van der Waals surface area contributed by atoms with E-state index >= 15 is 0 Å². The van der Waals surface area contributed by atoms with Gasteiger partial charge in [-0.05, 0) is 24.5 Å². The van der Waals surface area contributed by atoms with Gasteiger partial charge in [0.1, 0.15) is 11.1 Å². The van der Waals surface area contributed by atoms with Crippen molar-refractivity contribution in [2.75, 3.05) is 26.3 Å². The van der Waals surface area contributed by atoms with E-state index in [4.69, 9.17) is 21.1 Å². The lowest BCUT2D eigenvalue weighted by Crippen LogP contribution is -2.44. The quantitative estimate of drug-likeness (QED) is 0.740. The molecule has 4 rings (SSSR count). The summed E-state index contributed by atoms with van der Waals surface area (Å²) in [6, 6.07) is 13.9. The maximum absolute atomic E-state index is 13.0. The van der Waals surface area contributed by atoms with E-state index in [0.29, 0.717) is 55.6 Å². The molecule has 3 heterocycles. The number of amides is 1. The van der Waals surface area contributed by atoms with Gasteiger partial charge in [-0.2, -0.15) is 5.26 Å². The SMILES string of the molecule is N#CC1(c2ccccc2)CCN(C(=O)c2cnc(OC3CCOCC3)c(Cl)c2)CC1. The first-order valence-electron chi connectivity index (χ1n) is 10.3. The molecule has 2 saturated heterocycles. The first-order valence-corrected chi connectivity index (χ1v) is 10.7. The second-order valence-corrected chi connectivity index (χ2v) is 8.20. The third-order valence-electron chi connectivity index (χ3n) is 5.95. The highest BCUT2D eigenvalue weighted by Crippen LogP contribution is 2.35. The van der Waals surface area contributed by atoms with Crippen LogP contribution in [0.5, 0.6) is 5.88 Å². The minimum Gasteiger partial charge on any atom is -0.473 e. The van der Waals surface area contributed by atoms with E-state index in [1.54, 1.807) is 11.0 Å². The van der Waals surface area contributed by atoms with Crippen molar-refractivity contribution in [2.45, 2.75) is 37.2 Å². The Morgan fingerprint density at radius 1 is 1.23 bits per heavy atom. The predicted octanol–water partition coefficient (Wildman–Crippen LogP) is 3.99. The lowest BCUT2D eigenvalue weighted by atomic mass is 9.74. The van der Waals surface area contributed by atoms with Crippen molar-refractivity contribution in [1.82, 2.24) is 9.88 Å². The molecule has 0 bridgehead atoms. The van der Waals surface area contributed by atoms with Crippen molar-refractivity contribution >= 4 is 17.5 Å². The molecule has 0 atom stereocenters. The number of piperidine rings is 1. The number of nitrogens with zero attached hydrogens (tertiary/aromatic N) is 3. The number of likely N-dealkylation sites (tertiary alicyclic amines) is 1. The van der Waals surface area contributed by atoms with Gasteiger partial charge < -0.3 is 14.4 Å². The smallest absolute Gasteiger partial charge is 0.255 e. The maximum Gasteiger partial charge on any atom is 0.255 e. The van der Waals surface area contributed by atoms with E-state index in [0.717, 1.165) is 18.4 Å². The fourth-order valence-electron chi connectivity index (χ4n) is 4.08. The molecule has 2 aliphatic rings. The predicted molar refractivity (Wildman–Crippen MR) is 113 cm³/mol. The molecular formula is C23H24ClN3O3. The first kappa shape index (κ1) is 20.6. The van der Waals surface area contributed by atoms with Gasteiger partial charge in [0.2, 0.25) is 5.88 Å². The minimum atomic E-state index is -0.546. The Morgan fingerprint density at radius 3 is 2.57 bits per heavy atom. The minimum absolute atomic E-state index is 0.0319. The molecule has 0 saturated carbocycles. The molecule has 0 spiro atoms. The number of ether oxygens (including phenoxy) is 2. The van der Waals surface area contributed by atoms with Crippen LogP contribution in [0.3, 0.4) is 0 Å². The maximum atomic E-state index is 13.0. The van der Waals surface area contributed by atoms with E-state index in [-0.39, 0.29) is 12.0 Å². The standard InChI is InChI=1S/C23H24ClN3O3/c24-20-14-17(15-26-21(20)30-19-6-12-29-13-7-19)22(28)27-10-8-23(16-25,9-11-27)18-4-2-1-3-5-18/h1-5,14-15,19H,6-13H2. The molecule has 2 aliphatic heterocycles. The van der Waals surface area contributed by atoms with Gasteiger partial charge in [-0.1, -0.05) is 41.9 Å². The number of aromatic nitrogens is 1. The van der Waals surface area contributed by atoms with Crippen LogP contribution in [0.1, 0.15) is 41.6 Å². The van der Waals surface area contributed by atoms with E-state index < -0.39 is 5.41 Å². The van der Waals surface area contributed by atoms with Gasteiger partial charge in [0, 0.05) is 32.1 Å². The number of halogens is 1. The zero-order chi connectivity index (χ0) is 21.0. The summed E-state index contributed by atoms with van der Waals surface area (Å²) in [5.74, 6) is 0.230. The molecule has 1 aromatic carbocycles. The second-order valence-electron chi connectivity index (χ2n) is 7.79. The van der Waals surface area contributed by atoms with Crippen molar-refractivity contribution in [1.29, 1.82) is 5.26 Å². The van der Waals surface area contributed by atoms with Crippen molar-refractivity contribution in [3.8, 4) is 11.9 Å². The van der Waals surface area contributed by atoms with Crippen LogP contribution in [0.4, 0.5) is 0 Å². The molecule has 0 N–H and O–H groups in total. The van der Waals surface area contributed by atoms with Crippen LogP contribution in [0.15, 0.2) is 42.6 Å². The van der Waals surface area contributed by atoms with Crippen LogP contribution in [-0.4, -0.2) is 48.2 Å². The van der Waals surface area contributed by atoms with Gasteiger partial charge >= 0.3 is 0 Å². The average Bonchev–Trinajstić information content (AvgIpc) is 2.81. The topological polar surface area (TPSA) is 75.5 Å². The molecule has 2 fully saturated rings. The number of rotatable bonds is 4. The molecule has 2 aromatic rings. The van der Waals surface area contributed by atoms with Crippen LogP contribution in [0.25, 0.3) is 0 Å². The summed E-state index contributed by atoms with van der Waals surface area (Å²) < 4.78 is 11.2. The van der Waals surface area contributed by atoms with Crippen molar-refractivity contribution in [2.24, 2.45) is 0 Å². The van der Waals surface area contributed by atoms with Gasteiger partial charge in [0.25, 0.3) is 5.91 Å². The Bertz CT molecular complexity index is 930. The summed E-state index contributed by atoms with van der Waals surface area (Å²) in [5, 5.41) is 10.2. The van der Waals surface area contributed by atoms with Crippen LogP contribution in [0.2, 0.25) is 5.02 Å². The van der Waals surface area contributed by atoms with Gasteiger partial charge in [0.05, 0.1) is 30.3 Å². The number of carbonyl (C=O) groups is 1. The van der Waals surface area contributed by atoms with Crippen molar-refractivity contribution in [3.63, 3.8) is 0 Å². The lowest BCUT2D eigenvalue weighted by Gasteiger charge is -2.37. The van der Waals surface area contributed by atoms with Gasteiger partial charge in [-0.3, -0.25) is 4.79 Å². The van der Waals surface area contributed by atoms with Crippen LogP contribution >= 0.6 is 11.6 Å². The number of carbonyl (C=O) groups excluding carboxylic acids is 1. The Hall–Kier alpha value is -2.62. The number of pyridine rings is 1. The molecule has 156 valence electrons. The highest BCUT2D eigenvalue weighted by atomic mass is 35.5. The van der Waals surface area contributed by atoms with Crippen LogP contribution < -0.4 is 4.74 Å². The highest BCUT2D eigenvalue weighted by Gasteiger charge is 2.38. The van der Waals surface area contributed by atoms with E-state index in [1.165, 1.54) is 6.20 Å². The molecule has 1 amide bonds. The Morgan fingerprint density at radius 2 is 1.93 bits per heavy atom. The largest absolute Gasteiger partial charge is 0.473 e. The molecule has 7 heteroatoms. The summed E-state index contributed by atoms with van der Waals surface area (Å²) in [6.07, 6.45) is 4.36. The van der Waals surface area contributed by atoms with E-state index in [9.17, 15) is 10.1 Å². The van der Waals surface area contributed by atoms with Gasteiger partial charge in [-0.25, -0.2) is 4.98 Å². The van der Waals surface area contributed by atoms with Gasteiger partial charge in [0.15, 0.2) is 0 Å². The average molecular weight is 426 g/mol.